The molecule has 0 aliphatic rings. The topological polar surface area (TPSA) is 29.3 Å². The number of benzene rings is 1. The SMILES string of the molecule is CN(Cc1cccs1)CC(N)Cc1ccccc1. The highest BCUT2D eigenvalue weighted by molar-refractivity contribution is 7.09. The summed E-state index contributed by atoms with van der Waals surface area (Å²) in [5.74, 6) is 0. The predicted molar refractivity (Wildman–Crippen MR) is 78.8 cm³/mol. The fourth-order valence-corrected chi connectivity index (χ4v) is 2.90. The molecule has 2 aromatic rings. The molecule has 1 aromatic carbocycles. The minimum atomic E-state index is 0.192. The van der Waals surface area contributed by atoms with Crippen LogP contribution >= 0.6 is 11.3 Å². The Labute approximate surface area is 113 Å². The number of nitrogens with zero attached hydrogens (tertiary/aromatic N) is 1. The first-order valence-corrected chi connectivity index (χ1v) is 7.12. The van der Waals surface area contributed by atoms with Gasteiger partial charge in [-0.15, -0.1) is 11.3 Å². The van der Waals surface area contributed by atoms with Crippen LogP contribution in [0.5, 0.6) is 0 Å². The Morgan fingerprint density at radius 1 is 1.17 bits per heavy atom. The molecule has 0 saturated carbocycles. The van der Waals surface area contributed by atoms with Crippen molar-refractivity contribution in [3.63, 3.8) is 0 Å². The van der Waals surface area contributed by atoms with Crippen molar-refractivity contribution in [1.29, 1.82) is 0 Å². The van der Waals surface area contributed by atoms with Crippen LogP contribution in [0.15, 0.2) is 47.8 Å². The van der Waals surface area contributed by atoms with Crippen molar-refractivity contribution >= 4 is 11.3 Å². The van der Waals surface area contributed by atoms with E-state index in [1.165, 1.54) is 10.4 Å². The molecule has 0 aliphatic carbocycles. The number of hydrogen-bond acceptors (Lipinski definition) is 3. The Morgan fingerprint density at radius 2 is 1.94 bits per heavy atom. The van der Waals surface area contributed by atoms with Crippen LogP contribution in [0.2, 0.25) is 0 Å². The second-order valence-electron chi connectivity index (χ2n) is 4.73. The first-order chi connectivity index (χ1) is 8.74. The fraction of sp³-hybridized carbons (Fsp3) is 0.333. The highest BCUT2D eigenvalue weighted by Crippen LogP contribution is 2.11. The molecule has 2 N–H and O–H groups in total. The summed E-state index contributed by atoms with van der Waals surface area (Å²) in [6.45, 7) is 1.91. The molecule has 1 unspecified atom stereocenters. The van der Waals surface area contributed by atoms with E-state index in [2.05, 4.69) is 53.7 Å². The molecule has 0 saturated heterocycles. The van der Waals surface area contributed by atoms with Crippen LogP contribution in [-0.2, 0) is 13.0 Å². The lowest BCUT2D eigenvalue weighted by Gasteiger charge is -2.20. The molecular weight excluding hydrogens is 240 g/mol. The first-order valence-electron chi connectivity index (χ1n) is 6.24. The lowest BCUT2D eigenvalue weighted by molar-refractivity contribution is 0.305. The first kappa shape index (κ1) is 13.3. The van der Waals surface area contributed by atoms with Crippen molar-refractivity contribution in [3.05, 3.63) is 58.3 Å². The van der Waals surface area contributed by atoms with Crippen LogP contribution in [-0.4, -0.2) is 24.5 Å². The Hall–Kier alpha value is -1.16. The van der Waals surface area contributed by atoms with Gasteiger partial charge in [0.25, 0.3) is 0 Å². The second-order valence-corrected chi connectivity index (χ2v) is 5.76. The van der Waals surface area contributed by atoms with Gasteiger partial charge in [0, 0.05) is 24.0 Å². The molecule has 2 rings (SSSR count). The molecule has 0 amide bonds. The minimum Gasteiger partial charge on any atom is -0.326 e. The molecule has 0 aliphatic heterocycles. The zero-order chi connectivity index (χ0) is 12.8. The fourth-order valence-electron chi connectivity index (χ4n) is 2.11. The van der Waals surface area contributed by atoms with Gasteiger partial charge < -0.3 is 5.73 Å². The number of likely N-dealkylation sites (N-methyl/N-ethyl adjacent to an activating group) is 1. The van der Waals surface area contributed by atoms with Crippen LogP contribution in [0, 0.1) is 0 Å². The lowest BCUT2D eigenvalue weighted by Crippen LogP contribution is -2.36. The van der Waals surface area contributed by atoms with Crippen LogP contribution in [0.25, 0.3) is 0 Å². The van der Waals surface area contributed by atoms with Gasteiger partial charge in [0.1, 0.15) is 0 Å². The molecule has 1 atom stereocenters. The molecule has 0 bridgehead atoms. The molecule has 2 nitrogen and oxygen atoms in total. The normalized spacial score (nSPS) is 12.8. The molecule has 0 radical (unpaired) electrons. The summed E-state index contributed by atoms with van der Waals surface area (Å²) in [5.41, 5.74) is 7.51. The van der Waals surface area contributed by atoms with E-state index in [0.29, 0.717) is 0 Å². The van der Waals surface area contributed by atoms with Gasteiger partial charge >= 0.3 is 0 Å². The van der Waals surface area contributed by atoms with Crippen molar-refractivity contribution in [2.24, 2.45) is 5.73 Å². The zero-order valence-corrected chi connectivity index (χ0v) is 11.6. The molecule has 3 heteroatoms. The summed E-state index contributed by atoms with van der Waals surface area (Å²) in [5, 5.41) is 2.12. The van der Waals surface area contributed by atoms with E-state index >= 15 is 0 Å². The average Bonchev–Trinajstić information content (AvgIpc) is 2.82. The Balaban J connectivity index is 1.78. The molecule has 0 fully saturated rings. The van der Waals surface area contributed by atoms with Crippen LogP contribution < -0.4 is 5.73 Å². The number of thiophene rings is 1. The van der Waals surface area contributed by atoms with E-state index in [4.69, 9.17) is 5.73 Å². The third-order valence-corrected chi connectivity index (χ3v) is 3.75. The summed E-state index contributed by atoms with van der Waals surface area (Å²) in [7, 11) is 2.13. The Morgan fingerprint density at radius 3 is 2.61 bits per heavy atom. The van der Waals surface area contributed by atoms with Crippen molar-refractivity contribution in [3.8, 4) is 0 Å². The lowest BCUT2D eigenvalue weighted by atomic mass is 10.1. The maximum Gasteiger partial charge on any atom is 0.0325 e. The standard InChI is InChI=1S/C15H20N2S/c1-17(12-15-8-5-9-18-15)11-14(16)10-13-6-3-2-4-7-13/h2-9,14H,10-12,16H2,1H3. The maximum atomic E-state index is 6.20. The largest absolute Gasteiger partial charge is 0.326 e. The Bertz CT molecular complexity index is 439. The van der Waals surface area contributed by atoms with E-state index in [-0.39, 0.29) is 6.04 Å². The van der Waals surface area contributed by atoms with E-state index in [1.807, 2.05) is 6.07 Å². The minimum absolute atomic E-state index is 0.192. The van der Waals surface area contributed by atoms with Crippen molar-refractivity contribution in [2.75, 3.05) is 13.6 Å². The van der Waals surface area contributed by atoms with Crippen LogP contribution in [0.1, 0.15) is 10.4 Å². The van der Waals surface area contributed by atoms with Crippen molar-refractivity contribution in [2.45, 2.75) is 19.0 Å². The van der Waals surface area contributed by atoms with Gasteiger partial charge in [-0.3, -0.25) is 4.90 Å². The van der Waals surface area contributed by atoms with E-state index in [1.54, 1.807) is 11.3 Å². The molecule has 1 heterocycles. The highest BCUT2D eigenvalue weighted by Gasteiger charge is 2.08. The van der Waals surface area contributed by atoms with E-state index in [0.717, 1.165) is 19.5 Å². The molecular formula is C15H20N2S. The molecule has 1 aromatic heterocycles. The van der Waals surface area contributed by atoms with E-state index in [9.17, 15) is 0 Å². The summed E-state index contributed by atoms with van der Waals surface area (Å²) >= 11 is 1.80. The molecule has 0 spiro atoms. The summed E-state index contributed by atoms with van der Waals surface area (Å²) in [4.78, 5) is 3.68. The number of nitrogens with two attached hydrogens (primary N) is 1. The van der Waals surface area contributed by atoms with E-state index < -0.39 is 0 Å². The van der Waals surface area contributed by atoms with Gasteiger partial charge in [-0.25, -0.2) is 0 Å². The Kier molecular flexibility index (Phi) is 4.93. The maximum absolute atomic E-state index is 6.20. The van der Waals surface area contributed by atoms with Crippen molar-refractivity contribution < 1.29 is 0 Å². The quantitative estimate of drug-likeness (QED) is 0.865. The summed E-state index contributed by atoms with van der Waals surface area (Å²) in [6, 6.07) is 14.9. The third kappa shape index (κ3) is 4.26. The van der Waals surface area contributed by atoms with Gasteiger partial charge in [0.15, 0.2) is 0 Å². The second kappa shape index (κ2) is 6.69. The number of hydrogen-bond donors (Lipinski definition) is 1. The zero-order valence-electron chi connectivity index (χ0n) is 10.8. The van der Waals surface area contributed by atoms with Gasteiger partial charge in [-0.2, -0.15) is 0 Å². The third-order valence-electron chi connectivity index (χ3n) is 2.89. The van der Waals surface area contributed by atoms with Gasteiger partial charge in [-0.05, 0) is 30.5 Å². The predicted octanol–water partition coefficient (Wildman–Crippen LogP) is 2.75. The average molecular weight is 260 g/mol. The van der Waals surface area contributed by atoms with Crippen LogP contribution in [0.4, 0.5) is 0 Å². The van der Waals surface area contributed by atoms with Crippen molar-refractivity contribution in [1.82, 2.24) is 4.90 Å². The molecule has 18 heavy (non-hydrogen) atoms. The highest BCUT2D eigenvalue weighted by atomic mass is 32.1. The molecule has 96 valence electrons. The van der Waals surface area contributed by atoms with Gasteiger partial charge in [-0.1, -0.05) is 36.4 Å². The smallest absolute Gasteiger partial charge is 0.0325 e. The monoisotopic (exact) mass is 260 g/mol. The number of rotatable bonds is 6. The summed E-state index contributed by atoms with van der Waals surface area (Å²) < 4.78 is 0. The van der Waals surface area contributed by atoms with Gasteiger partial charge in [0.05, 0.1) is 0 Å². The van der Waals surface area contributed by atoms with Gasteiger partial charge in [0.2, 0.25) is 0 Å². The van der Waals surface area contributed by atoms with Crippen LogP contribution in [0.3, 0.4) is 0 Å². The summed E-state index contributed by atoms with van der Waals surface area (Å²) in [6.07, 6.45) is 0.940.